The monoisotopic (exact) mass is 587 g/mol. The van der Waals surface area contributed by atoms with Crippen molar-refractivity contribution in [2.24, 2.45) is 5.92 Å². The molecular formula is C32H51N4O6+. The van der Waals surface area contributed by atoms with Gasteiger partial charge in [0.15, 0.2) is 11.5 Å². The lowest BCUT2D eigenvalue weighted by atomic mass is 9.83. The van der Waals surface area contributed by atoms with E-state index in [-0.39, 0.29) is 37.1 Å². The van der Waals surface area contributed by atoms with Crippen molar-refractivity contribution in [2.45, 2.75) is 70.3 Å². The summed E-state index contributed by atoms with van der Waals surface area (Å²) in [5.74, 6) is -0.243. The lowest BCUT2D eigenvalue weighted by Crippen LogP contribution is -2.45. The number of carboxylic acids is 1. The Morgan fingerprint density at radius 1 is 1.07 bits per heavy atom. The topological polar surface area (TPSA) is 99.6 Å². The van der Waals surface area contributed by atoms with Gasteiger partial charge in [0.25, 0.3) is 0 Å². The van der Waals surface area contributed by atoms with Crippen molar-refractivity contribution in [2.75, 3.05) is 73.7 Å². The number of carbonyl (C=O) groups is 3. The van der Waals surface area contributed by atoms with Gasteiger partial charge in [0.2, 0.25) is 18.6 Å². The first kappa shape index (κ1) is 32.1. The molecule has 42 heavy (non-hydrogen) atoms. The summed E-state index contributed by atoms with van der Waals surface area (Å²) in [6.07, 6.45) is 6.77. The molecule has 0 spiro atoms. The Labute approximate surface area is 251 Å². The van der Waals surface area contributed by atoms with Crippen LogP contribution in [0.5, 0.6) is 11.5 Å². The first-order chi connectivity index (χ1) is 20.1. The molecule has 10 heteroatoms. The number of hydrogen-bond donors (Lipinski definition) is 1. The molecule has 2 saturated heterocycles. The lowest BCUT2D eigenvalue weighted by molar-refractivity contribution is -0.870. The Morgan fingerprint density at radius 3 is 2.52 bits per heavy atom. The Kier molecular flexibility index (Phi) is 11.1. The highest BCUT2D eigenvalue weighted by Crippen LogP contribution is 2.43. The van der Waals surface area contributed by atoms with E-state index in [1.807, 2.05) is 28.0 Å². The van der Waals surface area contributed by atoms with Crippen LogP contribution < -0.4 is 9.47 Å². The number of carboxylic acid groups (broad SMARTS) is 1. The molecule has 1 aromatic carbocycles. The molecule has 3 aliphatic heterocycles. The predicted molar refractivity (Wildman–Crippen MR) is 160 cm³/mol. The molecule has 10 nitrogen and oxygen atoms in total. The van der Waals surface area contributed by atoms with E-state index in [9.17, 15) is 19.5 Å². The third kappa shape index (κ3) is 8.37. The zero-order valence-electron chi connectivity index (χ0n) is 26.1. The molecule has 0 aliphatic carbocycles. The number of likely N-dealkylation sites (tertiary alicyclic amines) is 2. The number of rotatable bonds is 16. The fraction of sp³-hybridized carbons (Fsp3) is 0.719. The van der Waals surface area contributed by atoms with Crippen LogP contribution >= 0.6 is 0 Å². The first-order valence-electron chi connectivity index (χ1n) is 15.8. The summed E-state index contributed by atoms with van der Waals surface area (Å²) >= 11 is 0. The minimum Gasteiger partial charge on any atom is -0.481 e. The third-order valence-electron chi connectivity index (χ3n) is 8.94. The summed E-state index contributed by atoms with van der Waals surface area (Å²) in [7, 11) is 6.55. The molecule has 0 unspecified atom stereocenters. The van der Waals surface area contributed by atoms with Crippen LogP contribution in [0.25, 0.3) is 0 Å². The molecule has 2 fully saturated rings. The number of quaternary nitrogens is 1. The van der Waals surface area contributed by atoms with Gasteiger partial charge >= 0.3 is 5.97 Å². The summed E-state index contributed by atoms with van der Waals surface area (Å²) in [5.41, 5.74) is 0.893. The second-order valence-electron chi connectivity index (χ2n) is 13.2. The van der Waals surface area contributed by atoms with Crippen LogP contribution in [0.1, 0.15) is 69.8 Å². The van der Waals surface area contributed by atoms with Gasteiger partial charge in [0.1, 0.15) is 0 Å². The quantitative estimate of drug-likeness (QED) is 0.234. The van der Waals surface area contributed by atoms with Gasteiger partial charge in [0.05, 0.1) is 40.2 Å². The fourth-order valence-electron chi connectivity index (χ4n) is 6.64. The number of unbranched alkanes of at least 4 members (excludes halogenated alkanes) is 2. The number of nitrogens with zero attached hydrogens (tertiary/aromatic N) is 4. The zero-order valence-corrected chi connectivity index (χ0v) is 26.1. The van der Waals surface area contributed by atoms with E-state index >= 15 is 0 Å². The zero-order chi connectivity index (χ0) is 30.3. The minimum atomic E-state index is -0.849. The molecule has 3 atom stereocenters. The first-order valence-corrected chi connectivity index (χ1v) is 15.8. The maximum atomic E-state index is 13.8. The van der Waals surface area contributed by atoms with Gasteiger partial charge in [-0.05, 0) is 56.2 Å². The molecule has 0 saturated carbocycles. The molecule has 3 heterocycles. The van der Waals surface area contributed by atoms with Gasteiger partial charge in [-0.1, -0.05) is 19.4 Å². The Bertz CT molecular complexity index is 1090. The van der Waals surface area contributed by atoms with Gasteiger partial charge in [-0.15, -0.1) is 0 Å². The molecule has 0 aromatic heterocycles. The molecule has 234 valence electrons. The third-order valence-corrected chi connectivity index (χ3v) is 8.94. The molecule has 4 rings (SSSR count). The predicted octanol–water partition coefficient (Wildman–Crippen LogP) is 3.40. The van der Waals surface area contributed by atoms with Crippen molar-refractivity contribution in [3.63, 3.8) is 0 Å². The smallest absolute Gasteiger partial charge is 0.308 e. The van der Waals surface area contributed by atoms with Crippen molar-refractivity contribution in [1.29, 1.82) is 0 Å². The molecule has 2 amide bonds. The Morgan fingerprint density at radius 2 is 1.83 bits per heavy atom. The Balaban J connectivity index is 1.50. The standard InChI is InChI=1S/C32H50N4O6/c1-5-6-15-34(16-7-8-19-36(2,3)4)30(38)22-35-21-25(24-13-14-27-28(20-24)42-23-41-27)31(32(39)40)26(35)11-9-17-33-18-10-12-29(33)37/h13-14,20,25-26,31H,5-12,15-19,21-23H2,1-4H3/p+1/t25-,26+,31-/m1/s1. The number of amides is 2. The van der Waals surface area contributed by atoms with Crippen LogP contribution in [0.2, 0.25) is 0 Å². The van der Waals surface area contributed by atoms with Crippen molar-refractivity contribution < 1.29 is 33.4 Å². The van der Waals surface area contributed by atoms with Crippen LogP contribution in [0.4, 0.5) is 0 Å². The van der Waals surface area contributed by atoms with Gasteiger partial charge in [-0.25, -0.2) is 0 Å². The van der Waals surface area contributed by atoms with E-state index < -0.39 is 11.9 Å². The highest BCUT2D eigenvalue weighted by molar-refractivity contribution is 5.79. The van der Waals surface area contributed by atoms with Crippen LogP contribution in [0, 0.1) is 5.92 Å². The van der Waals surface area contributed by atoms with Crippen LogP contribution in [-0.2, 0) is 14.4 Å². The minimum absolute atomic E-state index is 0.0731. The maximum absolute atomic E-state index is 13.8. The number of aliphatic carboxylic acids is 1. The van der Waals surface area contributed by atoms with E-state index in [1.54, 1.807) is 0 Å². The molecule has 1 aromatic rings. The van der Waals surface area contributed by atoms with E-state index in [0.29, 0.717) is 43.9 Å². The van der Waals surface area contributed by atoms with Gasteiger partial charge in [-0.3, -0.25) is 19.3 Å². The van der Waals surface area contributed by atoms with E-state index in [2.05, 4.69) is 33.0 Å². The van der Waals surface area contributed by atoms with Crippen molar-refractivity contribution in [3.05, 3.63) is 23.8 Å². The number of benzene rings is 1. The van der Waals surface area contributed by atoms with Crippen molar-refractivity contribution >= 4 is 17.8 Å². The highest BCUT2D eigenvalue weighted by Gasteiger charge is 2.47. The lowest BCUT2D eigenvalue weighted by Gasteiger charge is -2.30. The van der Waals surface area contributed by atoms with E-state index in [4.69, 9.17) is 9.47 Å². The summed E-state index contributed by atoms with van der Waals surface area (Å²) in [4.78, 5) is 44.8. The van der Waals surface area contributed by atoms with E-state index in [1.165, 1.54) is 0 Å². The second-order valence-corrected chi connectivity index (χ2v) is 13.2. The van der Waals surface area contributed by atoms with E-state index in [0.717, 1.165) is 68.3 Å². The van der Waals surface area contributed by atoms with Crippen molar-refractivity contribution in [1.82, 2.24) is 14.7 Å². The summed E-state index contributed by atoms with van der Waals surface area (Å²) in [6.45, 7) is 6.89. The largest absolute Gasteiger partial charge is 0.481 e. The molecule has 3 aliphatic rings. The summed E-state index contributed by atoms with van der Waals surface area (Å²) in [5, 5.41) is 10.5. The average molecular weight is 588 g/mol. The SMILES string of the molecule is CCCCN(CCCC[N+](C)(C)C)C(=O)CN1C[C@H](c2ccc3c(c2)OCO3)[C@@H](C(=O)O)[C@@H]1CCCN1CCCC1=O. The number of fused-ring (bicyclic) bond motifs is 1. The maximum Gasteiger partial charge on any atom is 0.308 e. The normalized spacial score (nSPS) is 22.2. The molecule has 1 N–H and O–H groups in total. The van der Waals surface area contributed by atoms with Gasteiger partial charge < -0.3 is 28.9 Å². The van der Waals surface area contributed by atoms with Gasteiger partial charge in [-0.2, -0.15) is 0 Å². The molecule has 0 bridgehead atoms. The fourth-order valence-corrected chi connectivity index (χ4v) is 6.64. The number of ether oxygens (including phenoxy) is 2. The number of carbonyl (C=O) groups excluding carboxylic acids is 2. The molecule has 0 radical (unpaired) electrons. The van der Waals surface area contributed by atoms with Crippen LogP contribution in [-0.4, -0.2) is 122 Å². The van der Waals surface area contributed by atoms with Crippen LogP contribution in [0.3, 0.4) is 0 Å². The van der Waals surface area contributed by atoms with Gasteiger partial charge in [0, 0.05) is 51.1 Å². The average Bonchev–Trinajstić information content (AvgIpc) is 3.66. The second kappa shape index (κ2) is 14.6. The summed E-state index contributed by atoms with van der Waals surface area (Å²) in [6, 6.07) is 5.38. The molecular weight excluding hydrogens is 536 g/mol. The highest BCUT2D eigenvalue weighted by atomic mass is 16.7. The Hall–Kier alpha value is -2.85. The van der Waals surface area contributed by atoms with Crippen molar-refractivity contribution in [3.8, 4) is 11.5 Å². The number of hydrogen-bond acceptors (Lipinski definition) is 6. The summed E-state index contributed by atoms with van der Waals surface area (Å²) < 4.78 is 12.0. The van der Waals surface area contributed by atoms with Crippen LogP contribution in [0.15, 0.2) is 18.2 Å².